The Labute approximate surface area is 221 Å². The van der Waals surface area contributed by atoms with Crippen molar-refractivity contribution < 1.29 is 19.4 Å². The third-order valence-corrected chi connectivity index (χ3v) is 8.18. The smallest absolute Gasteiger partial charge is 0.337 e. The molecular weight excluding hydrogens is 625 g/mol. The molecule has 0 spiro atoms. The lowest BCUT2D eigenvalue weighted by atomic mass is 9.87. The molecule has 33 heavy (non-hydrogen) atoms. The molecule has 0 radical (unpaired) electrons. The predicted octanol–water partition coefficient (Wildman–Crippen LogP) is 8.11. The fourth-order valence-electron chi connectivity index (χ4n) is 3.92. The molecule has 0 bridgehead atoms. The van der Waals surface area contributed by atoms with Crippen LogP contribution in [0.4, 0.5) is 0 Å². The third-order valence-electron chi connectivity index (χ3n) is 5.56. The molecular formula is C23H13Cl4IO5. The molecule has 4 rings (SSSR count). The van der Waals surface area contributed by atoms with Crippen molar-refractivity contribution in [3.05, 3.63) is 68.3 Å². The molecule has 5 nitrogen and oxygen atoms in total. The normalized spacial score (nSPS) is 11.5. The highest BCUT2D eigenvalue weighted by atomic mass is 127. The van der Waals surface area contributed by atoms with Crippen LogP contribution in [0, 0.1) is 24.3 Å². The first kappa shape index (κ1) is 24.4. The van der Waals surface area contributed by atoms with Gasteiger partial charge in [-0.25, -0.2) is 4.79 Å². The molecule has 0 amide bonds. The summed E-state index contributed by atoms with van der Waals surface area (Å²) in [5.41, 5.74) is 1.69. The number of halogens is 5. The van der Waals surface area contributed by atoms with Gasteiger partial charge in [0.25, 0.3) is 0 Å². The van der Waals surface area contributed by atoms with Crippen molar-refractivity contribution >= 4 is 85.9 Å². The van der Waals surface area contributed by atoms with E-state index in [4.69, 9.17) is 50.8 Å². The van der Waals surface area contributed by atoms with Crippen molar-refractivity contribution in [3.8, 4) is 28.2 Å². The lowest BCUT2D eigenvalue weighted by molar-refractivity contribution is 0.0698. The maximum Gasteiger partial charge on any atom is 0.337 e. The fraction of sp³-hybridized carbons (Fsp3) is 0.130. The molecule has 2 aromatic carbocycles. The van der Waals surface area contributed by atoms with Gasteiger partial charge in [-0.1, -0.05) is 46.4 Å². The van der Waals surface area contributed by atoms with Gasteiger partial charge in [0.1, 0.15) is 17.1 Å². The topological polar surface area (TPSA) is 87.7 Å². The molecule has 0 aromatic heterocycles. The molecule has 2 N–H and O–H groups in total. The number of benzene rings is 3. The van der Waals surface area contributed by atoms with E-state index in [1.54, 1.807) is 32.9 Å². The highest BCUT2D eigenvalue weighted by molar-refractivity contribution is 14.1. The summed E-state index contributed by atoms with van der Waals surface area (Å²) in [5.74, 6) is -1.14. The number of aromatic carboxylic acids is 1. The van der Waals surface area contributed by atoms with Crippen molar-refractivity contribution in [2.45, 2.75) is 20.8 Å². The van der Waals surface area contributed by atoms with Crippen LogP contribution in [-0.2, 0) is 0 Å². The Kier molecular flexibility index (Phi) is 6.29. The van der Waals surface area contributed by atoms with Crippen LogP contribution in [0.1, 0.15) is 27.0 Å². The number of aromatic hydroxyl groups is 1. The minimum Gasteiger partial charge on any atom is -0.506 e. The molecule has 2 aliphatic rings. The lowest BCUT2D eigenvalue weighted by Crippen LogP contribution is -2.12. The lowest BCUT2D eigenvalue weighted by Gasteiger charge is -2.22. The van der Waals surface area contributed by atoms with Crippen LogP contribution in [0.15, 0.2) is 21.3 Å². The van der Waals surface area contributed by atoms with Gasteiger partial charge in [-0.15, -0.1) is 0 Å². The standard InChI is InChI=1S/C23H13Cl4IO5/c1-6-4-9-12(13-14(23(31)32)16(25)18(27)17(26)15(13)24)10-5-11(28)20(30)8(3)22(10)33-21(9)7(2)19(6)29/h4-5,30H,1-3H3,(H,31,32). The van der Waals surface area contributed by atoms with E-state index >= 15 is 0 Å². The van der Waals surface area contributed by atoms with Gasteiger partial charge in [0.2, 0.25) is 0 Å². The maximum absolute atomic E-state index is 12.7. The zero-order chi connectivity index (χ0) is 24.5. The molecule has 0 unspecified atom stereocenters. The van der Waals surface area contributed by atoms with E-state index in [1.807, 2.05) is 22.6 Å². The number of phenols is 1. The molecule has 10 heteroatoms. The monoisotopic (exact) mass is 636 g/mol. The van der Waals surface area contributed by atoms with Gasteiger partial charge >= 0.3 is 5.97 Å². The summed E-state index contributed by atoms with van der Waals surface area (Å²) in [4.78, 5) is 25.0. The Morgan fingerprint density at radius 2 is 1.55 bits per heavy atom. The predicted molar refractivity (Wildman–Crippen MR) is 140 cm³/mol. The van der Waals surface area contributed by atoms with Gasteiger partial charge in [0.05, 0.1) is 29.2 Å². The number of hydrogen-bond donors (Lipinski definition) is 2. The Balaban J connectivity index is 2.43. The van der Waals surface area contributed by atoms with Crippen molar-refractivity contribution in [3.63, 3.8) is 0 Å². The van der Waals surface area contributed by atoms with Gasteiger partial charge in [0, 0.05) is 33.2 Å². The number of hydrogen-bond acceptors (Lipinski definition) is 4. The Bertz CT molecular complexity index is 1560. The summed E-state index contributed by atoms with van der Waals surface area (Å²) in [7, 11) is 0. The quantitative estimate of drug-likeness (QED) is 0.100. The fourth-order valence-corrected chi connectivity index (χ4v) is 5.66. The minimum absolute atomic E-state index is 0.000914. The molecule has 1 aliphatic heterocycles. The van der Waals surface area contributed by atoms with Crippen LogP contribution in [0.5, 0.6) is 5.75 Å². The van der Waals surface area contributed by atoms with Gasteiger partial charge in [0.15, 0.2) is 5.43 Å². The number of rotatable bonds is 2. The van der Waals surface area contributed by atoms with Crippen LogP contribution >= 0.6 is 69.0 Å². The maximum atomic E-state index is 12.7. The van der Waals surface area contributed by atoms with Crippen LogP contribution in [0.2, 0.25) is 20.1 Å². The first-order valence-electron chi connectivity index (χ1n) is 9.36. The van der Waals surface area contributed by atoms with Gasteiger partial charge < -0.3 is 14.6 Å². The van der Waals surface area contributed by atoms with Crippen molar-refractivity contribution in [1.29, 1.82) is 0 Å². The zero-order valence-corrected chi connectivity index (χ0v) is 22.3. The Hall–Kier alpha value is -1.71. The number of fused-ring (bicyclic) bond motifs is 2. The molecule has 2 aromatic rings. The molecule has 0 fully saturated rings. The second kappa shape index (κ2) is 8.50. The SMILES string of the molecule is Cc1cc2c(-c3c(Cl)c(Cl)c(Cl)c(Cl)c3C(=O)O)c3cc(I)c(O)c(C)c3oc-2c(C)c1=O. The second-order valence-corrected chi connectivity index (χ2v) is 10.2. The minimum atomic E-state index is -1.36. The van der Waals surface area contributed by atoms with Crippen molar-refractivity contribution in [2.75, 3.05) is 0 Å². The first-order valence-corrected chi connectivity index (χ1v) is 12.0. The highest BCUT2D eigenvalue weighted by Gasteiger charge is 2.31. The van der Waals surface area contributed by atoms with E-state index in [0.717, 1.165) is 0 Å². The van der Waals surface area contributed by atoms with E-state index in [1.165, 1.54) is 0 Å². The van der Waals surface area contributed by atoms with Crippen LogP contribution < -0.4 is 5.43 Å². The summed E-state index contributed by atoms with van der Waals surface area (Å²) in [6.07, 6.45) is 0. The first-order chi connectivity index (χ1) is 15.4. The van der Waals surface area contributed by atoms with Gasteiger partial charge in [-0.3, -0.25) is 4.79 Å². The Morgan fingerprint density at radius 3 is 2.15 bits per heavy atom. The number of phenolic OH excluding ortho intramolecular Hbond substituents is 1. The largest absolute Gasteiger partial charge is 0.506 e. The summed E-state index contributed by atoms with van der Waals surface area (Å²) in [6, 6.07) is 3.25. The van der Waals surface area contributed by atoms with Gasteiger partial charge in [-0.2, -0.15) is 0 Å². The molecule has 1 heterocycles. The highest BCUT2D eigenvalue weighted by Crippen LogP contribution is 2.52. The molecule has 0 atom stereocenters. The number of carboxylic acids is 1. The van der Waals surface area contributed by atoms with Crippen molar-refractivity contribution in [2.24, 2.45) is 0 Å². The average molecular weight is 638 g/mol. The molecule has 0 saturated heterocycles. The van der Waals surface area contributed by atoms with Crippen molar-refractivity contribution in [1.82, 2.24) is 0 Å². The molecule has 0 saturated carbocycles. The zero-order valence-electron chi connectivity index (χ0n) is 17.2. The van der Waals surface area contributed by atoms with Gasteiger partial charge in [-0.05, 0) is 61.1 Å². The van der Waals surface area contributed by atoms with Crippen LogP contribution in [-0.4, -0.2) is 16.2 Å². The number of carbonyl (C=O) groups is 1. The average Bonchev–Trinajstić information content (AvgIpc) is 2.76. The van der Waals surface area contributed by atoms with E-state index in [-0.39, 0.29) is 53.7 Å². The molecule has 170 valence electrons. The number of aryl methyl sites for hydroxylation is 2. The van der Waals surface area contributed by atoms with E-state index in [2.05, 4.69) is 0 Å². The second-order valence-electron chi connectivity index (χ2n) is 7.52. The summed E-state index contributed by atoms with van der Waals surface area (Å²) in [5, 5.41) is 20.3. The van der Waals surface area contributed by atoms with E-state index in [9.17, 15) is 19.8 Å². The summed E-state index contributed by atoms with van der Waals surface area (Å²) in [6.45, 7) is 4.92. The Morgan fingerprint density at radius 1 is 0.939 bits per heavy atom. The number of carboxylic acid groups (broad SMARTS) is 1. The molecule has 1 aliphatic carbocycles. The van der Waals surface area contributed by atoms with Crippen LogP contribution in [0.25, 0.3) is 33.4 Å². The van der Waals surface area contributed by atoms with Crippen LogP contribution in [0.3, 0.4) is 0 Å². The third kappa shape index (κ3) is 3.58. The summed E-state index contributed by atoms with van der Waals surface area (Å²) < 4.78 is 6.62. The van der Waals surface area contributed by atoms with E-state index < -0.39 is 5.97 Å². The summed E-state index contributed by atoms with van der Waals surface area (Å²) >= 11 is 27.4. The van der Waals surface area contributed by atoms with E-state index in [0.29, 0.717) is 36.8 Å².